The first-order valence-electron chi connectivity index (χ1n) is 6.19. The highest BCUT2D eigenvalue weighted by Crippen LogP contribution is 2.24. The van der Waals surface area contributed by atoms with E-state index in [1.807, 2.05) is 13.2 Å². The highest BCUT2D eigenvalue weighted by Gasteiger charge is 2.21. The quantitative estimate of drug-likeness (QED) is 0.806. The summed E-state index contributed by atoms with van der Waals surface area (Å²) in [5.74, 6) is 0.821. The molecule has 0 bridgehead atoms. The second kappa shape index (κ2) is 6.20. The van der Waals surface area contributed by atoms with Crippen molar-refractivity contribution in [1.29, 1.82) is 0 Å². The fraction of sp³-hybridized carbons (Fsp3) is 0.769. The second-order valence-corrected chi connectivity index (χ2v) is 5.46. The predicted octanol–water partition coefficient (Wildman–Crippen LogP) is 1.75. The predicted molar refractivity (Wildman–Crippen MR) is 71.8 cm³/mol. The summed E-state index contributed by atoms with van der Waals surface area (Å²) in [5, 5.41) is 7.90. The zero-order valence-electron chi connectivity index (χ0n) is 12.3. The third-order valence-corrected chi connectivity index (χ3v) is 2.87. The molecule has 1 unspecified atom stereocenters. The number of hydrogen-bond donors (Lipinski definition) is 1. The van der Waals surface area contributed by atoms with Gasteiger partial charge in [-0.15, -0.1) is 0 Å². The van der Waals surface area contributed by atoms with Crippen LogP contribution < -0.4 is 10.1 Å². The van der Waals surface area contributed by atoms with Crippen molar-refractivity contribution in [2.24, 2.45) is 12.5 Å². The third kappa shape index (κ3) is 3.99. The van der Waals surface area contributed by atoms with E-state index in [4.69, 9.17) is 9.47 Å². The molecule has 1 aromatic heterocycles. The van der Waals surface area contributed by atoms with E-state index in [9.17, 15) is 0 Å². The Morgan fingerprint density at radius 1 is 1.44 bits per heavy atom. The largest absolute Gasteiger partial charge is 0.493 e. The van der Waals surface area contributed by atoms with Gasteiger partial charge >= 0.3 is 0 Å². The molecule has 1 N–H and O–H groups in total. The van der Waals surface area contributed by atoms with Gasteiger partial charge in [-0.2, -0.15) is 5.10 Å². The Balaban J connectivity index is 2.62. The van der Waals surface area contributed by atoms with Crippen molar-refractivity contribution in [2.45, 2.75) is 26.8 Å². The van der Waals surface area contributed by atoms with E-state index in [-0.39, 0.29) is 11.5 Å². The zero-order chi connectivity index (χ0) is 13.8. The van der Waals surface area contributed by atoms with Crippen LogP contribution in [0, 0.1) is 5.41 Å². The fourth-order valence-corrected chi connectivity index (χ4v) is 1.91. The molecular formula is C13H25N3O2. The lowest BCUT2D eigenvalue weighted by atomic mass is 9.94. The molecule has 0 spiro atoms. The van der Waals surface area contributed by atoms with Gasteiger partial charge in [0, 0.05) is 26.1 Å². The second-order valence-electron chi connectivity index (χ2n) is 5.46. The van der Waals surface area contributed by atoms with Crippen molar-refractivity contribution in [1.82, 2.24) is 15.1 Å². The zero-order valence-corrected chi connectivity index (χ0v) is 12.3. The molecule has 1 atom stereocenters. The van der Waals surface area contributed by atoms with Gasteiger partial charge in [0.2, 0.25) is 0 Å². The molecule has 0 aromatic carbocycles. The van der Waals surface area contributed by atoms with Gasteiger partial charge in [0.1, 0.15) is 5.69 Å². The number of aryl methyl sites for hydroxylation is 1. The summed E-state index contributed by atoms with van der Waals surface area (Å²) in [4.78, 5) is 0. The van der Waals surface area contributed by atoms with Crippen molar-refractivity contribution >= 4 is 0 Å². The lowest BCUT2D eigenvalue weighted by Crippen LogP contribution is -2.34. The molecule has 0 aliphatic heterocycles. The minimum atomic E-state index is 0.102. The number of aromatic nitrogens is 2. The average Bonchev–Trinajstić information content (AvgIpc) is 2.67. The lowest BCUT2D eigenvalue weighted by Gasteiger charge is -2.26. The van der Waals surface area contributed by atoms with Crippen molar-refractivity contribution in [3.05, 3.63) is 11.9 Å². The number of nitrogens with zero attached hydrogens (tertiary/aromatic N) is 2. The fourth-order valence-electron chi connectivity index (χ4n) is 1.91. The lowest BCUT2D eigenvalue weighted by molar-refractivity contribution is 0.101. The van der Waals surface area contributed by atoms with Gasteiger partial charge < -0.3 is 14.8 Å². The molecule has 0 saturated carbocycles. The summed E-state index contributed by atoms with van der Waals surface area (Å²) in [6, 6.07) is 0.150. The Morgan fingerprint density at radius 3 is 2.67 bits per heavy atom. The number of nitrogens with one attached hydrogen (secondary N) is 1. The minimum Gasteiger partial charge on any atom is -0.493 e. The molecule has 0 aliphatic carbocycles. The van der Waals surface area contributed by atoms with E-state index in [0.717, 1.165) is 24.6 Å². The monoisotopic (exact) mass is 255 g/mol. The van der Waals surface area contributed by atoms with Crippen LogP contribution in [0.4, 0.5) is 0 Å². The molecule has 1 aromatic rings. The molecular weight excluding hydrogens is 230 g/mol. The van der Waals surface area contributed by atoms with Gasteiger partial charge in [-0.3, -0.25) is 4.68 Å². The Labute approximate surface area is 109 Å². The van der Waals surface area contributed by atoms with E-state index >= 15 is 0 Å². The van der Waals surface area contributed by atoms with E-state index in [1.54, 1.807) is 18.9 Å². The van der Waals surface area contributed by atoms with Crippen LogP contribution in [-0.4, -0.2) is 37.2 Å². The van der Waals surface area contributed by atoms with Gasteiger partial charge in [0.05, 0.1) is 26.0 Å². The van der Waals surface area contributed by atoms with Crippen LogP contribution in [-0.2, 0) is 11.8 Å². The SMILES string of the molecule is COCC(C)(C)CNC(C)c1nn(C)cc1OC. The smallest absolute Gasteiger partial charge is 0.161 e. The summed E-state index contributed by atoms with van der Waals surface area (Å²) in [6.07, 6.45) is 1.88. The Hall–Kier alpha value is -1.07. The number of methoxy groups -OCH3 is 2. The first-order valence-corrected chi connectivity index (χ1v) is 6.19. The van der Waals surface area contributed by atoms with Crippen molar-refractivity contribution < 1.29 is 9.47 Å². The van der Waals surface area contributed by atoms with Gasteiger partial charge in [0.25, 0.3) is 0 Å². The molecule has 1 rings (SSSR count). The maximum atomic E-state index is 5.32. The Bertz CT molecular complexity index is 374. The molecule has 1 heterocycles. The maximum absolute atomic E-state index is 5.32. The summed E-state index contributed by atoms with van der Waals surface area (Å²) >= 11 is 0. The molecule has 104 valence electrons. The molecule has 0 radical (unpaired) electrons. The minimum absolute atomic E-state index is 0.102. The summed E-state index contributed by atoms with van der Waals surface area (Å²) < 4.78 is 12.3. The standard InChI is InChI=1S/C13H25N3O2/c1-10(14-8-13(2,3)9-17-5)12-11(18-6)7-16(4)15-12/h7,10,14H,8-9H2,1-6H3. The van der Waals surface area contributed by atoms with E-state index in [0.29, 0.717) is 0 Å². The topological polar surface area (TPSA) is 48.3 Å². The van der Waals surface area contributed by atoms with Crippen molar-refractivity contribution in [2.75, 3.05) is 27.4 Å². The highest BCUT2D eigenvalue weighted by molar-refractivity contribution is 5.27. The molecule has 0 amide bonds. The molecule has 18 heavy (non-hydrogen) atoms. The Morgan fingerprint density at radius 2 is 2.11 bits per heavy atom. The molecule has 5 heteroatoms. The van der Waals surface area contributed by atoms with Crippen molar-refractivity contribution in [3.63, 3.8) is 0 Å². The van der Waals surface area contributed by atoms with Crippen LogP contribution in [0.25, 0.3) is 0 Å². The van der Waals surface area contributed by atoms with Gasteiger partial charge in [-0.1, -0.05) is 13.8 Å². The third-order valence-electron chi connectivity index (χ3n) is 2.87. The molecule has 0 saturated heterocycles. The van der Waals surface area contributed by atoms with E-state index in [2.05, 4.69) is 31.2 Å². The normalized spacial score (nSPS) is 13.7. The van der Waals surface area contributed by atoms with E-state index < -0.39 is 0 Å². The van der Waals surface area contributed by atoms with Crippen LogP contribution in [0.3, 0.4) is 0 Å². The highest BCUT2D eigenvalue weighted by atomic mass is 16.5. The van der Waals surface area contributed by atoms with Crippen LogP contribution in [0.2, 0.25) is 0 Å². The van der Waals surface area contributed by atoms with Crippen LogP contribution in [0.5, 0.6) is 5.75 Å². The number of rotatable bonds is 7. The summed E-state index contributed by atoms with van der Waals surface area (Å²) in [6.45, 7) is 8.03. The molecule has 5 nitrogen and oxygen atoms in total. The van der Waals surface area contributed by atoms with Crippen LogP contribution >= 0.6 is 0 Å². The molecule has 0 aliphatic rings. The first-order chi connectivity index (χ1) is 8.39. The van der Waals surface area contributed by atoms with E-state index in [1.165, 1.54) is 0 Å². The first kappa shape index (κ1) is 15.0. The van der Waals surface area contributed by atoms with Crippen LogP contribution in [0.1, 0.15) is 32.5 Å². The van der Waals surface area contributed by atoms with Crippen molar-refractivity contribution in [3.8, 4) is 5.75 Å². The Kier molecular flexibility index (Phi) is 5.16. The van der Waals surface area contributed by atoms with Gasteiger partial charge in [0.15, 0.2) is 5.75 Å². The molecule has 0 fully saturated rings. The number of ether oxygens (including phenoxy) is 2. The number of hydrogen-bond acceptors (Lipinski definition) is 4. The van der Waals surface area contributed by atoms with Crippen LogP contribution in [0.15, 0.2) is 6.20 Å². The maximum Gasteiger partial charge on any atom is 0.161 e. The summed E-state index contributed by atoms with van der Waals surface area (Å²) in [7, 11) is 5.29. The average molecular weight is 255 g/mol. The van der Waals surface area contributed by atoms with Gasteiger partial charge in [-0.05, 0) is 6.92 Å². The van der Waals surface area contributed by atoms with Gasteiger partial charge in [-0.25, -0.2) is 0 Å². The summed E-state index contributed by atoms with van der Waals surface area (Å²) in [5.41, 5.74) is 1.04.